The summed E-state index contributed by atoms with van der Waals surface area (Å²) in [6.07, 6.45) is 0.650. The van der Waals surface area contributed by atoms with E-state index in [9.17, 15) is 9.59 Å². The van der Waals surface area contributed by atoms with Crippen molar-refractivity contribution in [2.24, 2.45) is 0 Å². The number of ether oxygens (including phenoxy) is 2. The van der Waals surface area contributed by atoms with Gasteiger partial charge in [-0.3, -0.25) is 4.79 Å². The first-order valence-electron chi connectivity index (χ1n) is 6.22. The Hall–Kier alpha value is -1.55. The van der Waals surface area contributed by atoms with Crippen LogP contribution < -0.4 is 4.74 Å². The molecule has 4 nitrogen and oxygen atoms in total. The standard InChI is InChI=1S/C15H19ClO4/c1-14(2,3)20-13(18)15(4,5)19-12-8-11(16)7-6-10(12)9-17/h6-9H,1-5H3. The lowest BCUT2D eigenvalue weighted by Crippen LogP contribution is -2.43. The average Bonchev–Trinajstić information content (AvgIpc) is 2.26. The molecule has 0 aliphatic rings. The Morgan fingerprint density at radius 1 is 1.20 bits per heavy atom. The van der Waals surface area contributed by atoms with Crippen molar-refractivity contribution in [1.29, 1.82) is 0 Å². The fraction of sp³-hybridized carbons (Fsp3) is 0.467. The predicted octanol–water partition coefficient (Wildman–Crippen LogP) is 3.65. The van der Waals surface area contributed by atoms with Gasteiger partial charge in [-0.2, -0.15) is 0 Å². The summed E-state index contributed by atoms with van der Waals surface area (Å²) in [5, 5.41) is 0.422. The van der Waals surface area contributed by atoms with Crippen LogP contribution in [0.5, 0.6) is 5.75 Å². The highest BCUT2D eigenvalue weighted by molar-refractivity contribution is 6.30. The van der Waals surface area contributed by atoms with Gasteiger partial charge in [0.25, 0.3) is 0 Å². The molecule has 0 radical (unpaired) electrons. The summed E-state index contributed by atoms with van der Waals surface area (Å²) < 4.78 is 10.9. The number of halogens is 1. The molecule has 1 aromatic rings. The lowest BCUT2D eigenvalue weighted by atomic mass is 10.1. The van der Waals surface area contributed by atoms with Crippen LogP contribution in [0.2, 0.25) is 5.02 Å². The van der Waals surface area contributed by atoms with E-state index in [0.29, 0.717) is 16.9 Å². The highest BCUT2D eigenvalue weighted by Crippen LogP contribution is 2.27. The van der Waals surface area contributed by atoms with E-state index >= 15 is 0 Å². The number of hydrogen-bond donors (Lipinski definition) is 0. The van der Waals surface area contributed by atoms with Crippen LogP contribution in [0.4, 0.5) is 0 Å². The zero-order valence-corrected chi connectivity index (χ0v) is 13.1. The Balaban J connectivity index is 2.98. The smallest absolute Gasteiger partial charge is 0.350 e. The van der Waals surface area contributed by atoms with E-state index in [1.165, 1.54) is 12.1 Å². The van der Waals surface area contributed by atoms with Crippen LogP contribution in [0, 0.1) is 0 Å². The van der Waals surface area contributed by atoms with Gasteiger partial charge >= 0.3 is 5.97 Å². The van der Waals surface area contributed by atoms with Crippen LogP contribution in [-0.4, -0.2) is 23.5 Å². The van der Waals surface area contributed by atoms with Crippen LogP contribution in [-0.2, 0) is 9.53 Å². The van der Waals surface area contributed by atoms with Gasteiger partial charge in [0.1, 0.15) is 11.4 Å². The quantitative estimate of drug-likeness (QED) is 0.629. The van der Waals surface area contributed by atoms with E-state index in [1.807, 2.05) is 0 Å². The Morgan fingerprint density at radius 2 is 1.80 bits per heavy atom. The second kappa shape index (κ2) is 5.83. The van der Waals surface area contributed by atoms with Crippen molar-refractivity contribution in [3.63, 3.8) is 0 Å². The maximum atomic E-state index is 12.1. The van der Waals surface area contributed by atoms with Crippen molar-refractivity contribution in [2.45, 2.75) is 45.8 Å². The molecule has 0 fully saturated rings. The minimum absolute atomic E-state index is 0.253. The van der Waals surface area contributed by atoms with Crippen LogP contribution in [0.3, 0.4) is 0 Å². The van der Waals surface area contributed by atoms with Crippen LogP contribution in [0.25, 0.3) is 0 Å². The van der Waals surface area contributed by atoms with E-state index in [4.69, 9.17) is 21.1 Å². The molecule has 110 valence electrons. The Morgan fingerprint density at radius 3 is 2.30 bits per heavy atom. The fourth-order valence-corrected chi connectivity index (χ4v) is 1.57. The number of rotatable bonds is 4. The lowest BCUT2D eigenvalue weighted by molar-refractivity contribution is -0.170. The Bertz CT molecular complexity index is 515. The Labute approximate surface area is 124 Å². The average molecular weight is 299 g/mol. The summed E-state index contributed by atoms with van der Waals surface area (Å²) in [4.78, 5) is 23.1. The van der Waals surface area contributed by atoms with Crippen molar-refractivity contribution in [1.82, 2.24) is 0 Å². The van der Waals surface area contributed by atoms with Gasteiger partial charge in [-0.1, -0.05) is 11.6 Å². The molecular weight excluding hydrogens is 280 g/mol. The first-order chi connectivity index (χ1) is 9.05. The van der Waals surface area contributed by atoms with Crippen molar-refractivity contribution < 1.29 is 19.1 Å². The highest BCUT2D eigenvalue weighted by atomic mass is 35.5. The van der Waals surface area contributed by atoms with Crippen LogP contribution in [0.15, 0.2) is 18.2 Å². The largest absolute Gasteiger partial charge is 0.475 e. The van der Waals surface area contributed by atoms with E-state index in [2.05, 4.69) is 0 Å². The Kier molecular flexibility index (Phi) is 4.81. The monoisotopic (exact) mass is 298 g/mol. The number of benzene rings is 1. The molecule has 0 aliphatic carbocycles. The van der Waals surface area contributed by atoms with Gasteiger partial charge in [-0.15, -0.1) is 0 Å². The molecule has 0 atom stereocenters. The molecule has 1 rings (SSSR count). The van der Waals surface area contributed by atoms with Gasteiger partial charge in [0, 0.05) is 5.02 Å². The first kappa shape index (κ1) is 16.5. The molecule has 0 N–H and O–H groups in total. The third-order valence-corrected chi connectivity index (χ3v) is 2.59. The first-order valence-corrected chi connectivity index (χ1v) is 6.60. The van der Waals surface area contributed by atoms with Crippen molar-refractivity contribution >= 4 is 23.9 Å². The second-order valence-electron chi connectivity index (χ2n) is 5.91. The zero-order valence-electron chi connectivity index (χ0n) is 12.3. The third-order valence-electron chi connectivity index (χ3n) is 2.36. The van der Waals surface area contributed by atoms with Gasteiger partial charge in [0.2, 0.25) is 0 Å². The van der Waals surface area contributed by atoms with Crippen molar-refractivity contribution in [2.75, 3.05) is 0 Å². The van der Waals surface area contributed by atoms with Gasteiger partial charge in [-0.05, 0) is 52.8 Å². The molecule has 0 spiro atoms. The number of hydrogen-bond acceptors (Lipinski definition) is 4. The maximum absolute atomic E-state index is 12.1. The molecule has 0 heterocycles. The van der Waals surface area contributed by atoms with E-state index in [0.717, 1.165) is 0 Å². The molecule has 0 saturated heterocycles. The zero-order chi connectivity index (χ0) is 15.6. The van der Waals surface area contributed by atoms with E-state index in [1.54, 1.807) is 40.7 Å². The van der Waals surface area contributed by atoms with Crippen molar-refractivity contribution in [3.8, 4) is 5.75 Å². The molecule has 0 aliphatic heterocycles. The molecule has 20 heavy (non-hydrogen) atoms. The number of aldehydes is 1. The predicted molar refractivity (Wildman–Crippen MR) is 77.4 cm³/mol. The van der Waals surface area contributed by atoms with Crippen molar-refractivity contribution in [3.05, 3.63) is 28.8 Å². The molecular formula is C15H19ClO4. The summed E-state index contributed by atoms with van der Waals surface area (Å²) in [6.45, 7) is 8.48. The molecule has 0 unspecified atom stereocenters. The molecule has 0 bridgehead atoms. The normalized spacial score (nSPS) is 11.9. The molecule has 0 aromatic heterocycles. The maximum Gasteiger partial charge on any atom is 0.350 e. The number of esters is 1. The van der Waals surface area contributed by atoms with Gasteiger partial charge < -0.3 is 9.47 Å². The summed E-state index contributed by atoms with van der Waals surface area (Å²) >= 11 is 5.88. The third kappa shape index (κ3) is 4.53. The summed E-state index contributed by atoms with van der Waals surface area (Å²) in [6, 6.07) is 4.62. The summed E-state index contributed by atoms with van der Waals surface area (Å²) in [5.41, 5.74) is -1.51. The minimum atomic E-state index is -1.23. The molecule has 0 amide bonds. The summed E-state index contributed by atoms with van der Waals surface area (Å²) in [7, 11) is 0. The molecule has 5 heteroatoms. The lowest BCUT2D eigenvalue weighted by Gasteiger charge is -2.29. The topological polar surface area (TPSA) is 52.6 Å². The molecule has 0 saturated carbocycles. The van der Waals surface area contributed by atoms with Crippen LogP contribution >= 0.6 is 11.6 Å². The van der Waals surface area contributed by atoms with Gasteiger partial charge in [-0.25, -0.2) is 4.79 Å². The van der Waals surface area contributed by atoms with E-state index in [-0.39, 0.29) is 5.75 Å². The highest BCUT2D eigenvalue weighted by Gasteiger charge is 2.35. The number of carbonyl (C=O) groups is 2. The molecule has 1 aromatic carbocycles. The minimum Gasteiger partial charge on any atom is -0.475 e. The SMILES string of the molecule is CC(C)(C)OC(=O)C(C)(C)Oc1cc(Cl)ccc1C=O. The van der Waals surface area contributed by atoms with Gasteiger partial charge in [0.15, 0.2) is 11.9 Å². The van der Waals surface area contributed by atoms with E-state index < -0.39 is 17.2 Å². The van der Waals surface area contributed by atoms with Crippen LogP contribution in [0.1, 0.15) is 45.0 Å². The van der Waals surface area contributed by atoms with Gasteiger partial charge in [0.05, 0.1) is 5.56 Å². The number of carbonyl (C=O) groups excluding carboxylic acids is 2. The fourth-order valence-electron chi connectivity index (χ4n) is 1.41. The summed E-state index contributed by atoms with van der Waals surface area (Å²) in [5.74, 6) is -0.259. The second-order valence-corrected chi connectivity index (χ2v) is 6.35.